The molecule has 3 aromatic rings. The van der Waals surface area contributed by atoms with Crippen molar-refractivity contribution in [3.8, 4) is 0 Å². The number of aromatic carboxylic acids is 1. The molecule has 3 rings (SSSR count). The van der Waals surface area contributed by atoms with E-state index in [0.29, 0.717) is 17.2 Å². The summed E-state index contributed by atoms with van der Waals surface area (Å²) in [6.07, 6.45) is 0. The van der Waals surface area contributed by atoms with Gasteiger partial charge in [-0.25, -0.2) is 14.3 Å². The zero-order valence-electron chi connectivity index (χ0n) is 10.2. The van der Waals surface area contributed by atoms with Crippen LogP contribution in [0.3, 0.4) is 0 Å². The zero-order valence-corrected chi connectivity index (χ0v) is 11.8. The van der Waals surface area contributed by atoms with Crippen LogP contribution in [0.4, 0.5) is 5.69 Å². The van der Waals surface area contributed by atoms with Crippen molar-refractivity contribution >= 4 is 51.3 Å². The standard InChI is InChI=1S/C11H10N4O2S.ClH/c1-4-3-6-13-5(2)14-15(6)10-7(4)8(12)9(18-10)11(16)17;/h3H,12H2,1-2H3,(H,16,17);1H. The molecule has 0 aliphatic heterocycles. The van der Waals surface area contributed by atoms with E-state index in [9.17, 15) is 4.79 Å². The molecule has 0 fully saturated rings. The SMILES string of the molecule is Cc1nc2cc(C)c3c(N)c(C(=O)O)sc3n2n1.Cl. The molecule has 19 heavy (non-hydrogen) atoms. The minimum atomic E-state index is -1.02. The van der Waals surface area contributed by atoms with Crippen LogP contribution in [-0.2, 0) is 0 Å². The molecule has 0 aliphatic rings. The molecule has 0 aliphatic carbocycles. The zero-order chi connectivity index (χ0) is 13.0. The minimum absolute atomic E-state index is 0. The number of rotatable bonds is 1. The Kier molecular flexibility index (Phi) is 3.11. The summed E-state index contributed by atoms with van der Waals surface area (Å²) in [5.74, 6) is -0.371. The van der Waals surface area contributed by atoms with Gasteiger partial charge in [0, 0.05) is 5.39 Å². The Morgan fingerprint density at radius 2 is 2.16 bits per heavy atom. The van der Waals surface area contributed by atoms with Crippen molar-refractivity contribution in [2.75, 3.05) is 5.73 Å². The van der Waals surface area contributed by atoms with Gasteiger partial charge in [0.05, 0.1) is 5.69 Å². The Morgan fingerprint density at radius 1 is 1.47 bits per heavy atom. The molecule has 100 valence electrons. The third kappa shape index (κ3) is 1.82. The molecular weight excluding hydrogens is 288 g/mol. The third-order valence-electron chi connectivity index (χ3n) is 2.79. The predicted molar refractivity (Wildman–Crippen MR) is 76.5 cm³/mol. The molecule has 3 N–H and O–H groups in total. The summed E-state index contributed by atoms with van der Waals surface area (Å²) in [6, 6.07) is 1.86. The summed E-state index contributed by atoms with van der Waals surface area (Å²) in [5.41, 5.74) is 7.82. The molecule has 0 saturated carbocycles. The fraction of sp³-hybridized carbons (Fsp3) is 0.182. The summed E-state index contributed by atoms with van der Waals surface area (Å²) in [5, 5.41) is 14.1. The fourth-order valence-electron chi connectivity index (χ4n) is 2.06. The minimum Gasteiger partial charge on any atom is -0.477 e. The van der Waals surface area contributed by atoms with Crippen molar-refractivity contribution in [3.63, 3.8) is 0 Å². The number of pyridine rings is 1. The van der Waals surface area contributed by atoms with Crippen molar-refractivity contribution in [3.05, 3.63) is 22.3 Å². The molecule has 0 atom stereocenters. The number of aromatic nitrogens is 3. The van der Waals surface area contributed by atoms with E-state index < -0.39 is 5.97 Å². The molecule has 0 radical (unpaired) electrons. The van der Waals surface area contributed by atoms with Gasteiger partial charge in [-0.3, -0.25) is 0 Å². The molecular formula is C11H11ClN4O2S. The second kappa shape index (κ2) is 4.36. The molecule has 0 amide bonds. The van der Waals surface area contributed by atoms with Crippen LogP contribution in [0.1, 0.15) is 21.1 Å². The number of aryl methyl sites for hydroxylation is 2. The van der Waals surface area contributed by atoms with Crippen LogP contribution in [0.5, 0.6) is 0 Å². The number of carboxylic acid groups (broad SMARTS) is 1. The number of nitrogens with zero attached hydrogens (tertiary/aromatic N) is 3. The summed E-state index contributed by atoms with van der Waals surface area (Å²) in [6.45, 7) is 3.68. The molecule has 0 bridgehead atoms. The maximum Gasteiger partial charge on any atom is 0.348 e. The molecule has 3 aromatic heterocycles. The first kappa shape index (κ1) is 13.6. The van der Waals surface area contributed by atoms with E-state index in [-0.39, 0.29) is 17.3 Å². The third-order valence-corrected chi connectivity index (χ3v) is 3.96. The number of nitrogens with two attached hydrogens (primary N) is 1. The molecule has 0 aromatic carbocycles. The summed E-state index contributed by atoms with van der Waals surface area (Å²) in [7, 11) is 0. The lowest BCUT2D eigenvalue weighted by atomic mass is 10.1. The van der Waals surface area contributed by atoms with Gasteiger partial charge in [-0.1, -0.05) is 0 Å². The number of thiophene rings is 1. The number of fused-ring (bicyclic) bond motifs is 3. The van der Waals surface area contributed by atoms with Gasteiger partial charge in [-0.05, 0) is 25.5 Å². The van der Waals surface area contributed by atoms with Gasteiger partial charge < -0.3 is 10.8 Å². The number of hydrogen-bond acceptors (Lipinski definition) is 5. The fourth-order valence-corrected chi connectivity index (χ4v) is 3.15. The van der Waals surface area contributed by atoms with Crippen LogP contribution in [0.25, 0.3) is 15.9 Å². The highest BCUT2D eigenvalue weighted by molar-refractivity contribution is 7.21. The Labute approximate surface area is 118 Å². The Morgan fingerprint density at radius 3 is 2.79 bits per heavy atom. The second-order valence-electron chi connectivity index (χ2n) is 4.09. The first-order valence-corrected chi connectivity index (χ1v) is 6.09. The average molecular weight is 299 g/mol. The first-order valence-electron chi connectivity index (χ1n) is 5.27. The van der Waals surface area contributed by atoms with E-state index >= 15 is 0 Å². The van der Waals surface area contributed by atoms with Crippen molar-refractivity contribution in [1.29, 1.82) is 0 Å². The van der Waals surface area contributed by atoms with Crippen molar-refractivity contribution in [2.24, 2.45) is 0 Å². The maximum absolute atomic E-state index is 11.1. The largest absolute Gasteiger partial charge is 0.477 e. The van der Waals surface area contributed by atoms with Crippen LogP contribution >= 0.6 is 23.7 Å². The van der Waals surface area contributed by atoms with Gasteiger partial charge in [0.1, 0.15) is 15.5 Å². The number of carboxylic acids is 1. The quantitative estimate of drug-likeness (QED) is 0.719. The number of halogens is 1. The van der Waals surface area contributed by atoms with Crippen LogP contribution in [0, 0.1) is 13.8 Å². The smallest absolute Gasteiger partial charge is 0.348 e. The van der Waals surface area contributed by atoms with E-state index in [1.54, 1.807) is 11.4 Å². The first-order chi connectivity index (χ1) is 8.49. The van der Waals surface area contributed by atoms with Gasteiger partial charge >= 0.3 is 5.97 Å². The van der Waals surface area contributed by atoms with Crippen LogP contribution < -0.4 is 5.73 Å². The van der Waals surface area contributed by atoms with Crippen LogP contribution in [0.2, 0.25) is 0 Å². The van der Waals surface area contributed by atoms with Gasteiger partial charge in [0.25, 0.3) is 0 Å². The Balaban J connectivity index is 0.00000133. The monoisotopic (exact) mass is 298 g/mol. The van der Waals surface area contributed by atoms with Crippen molar-refractivity contribution in [1.82, 2.24) is 14.6 Å². The average Bonchev–Trinajstić information content (AvgIpc) is 2.79. The summed E-state index contributed by atoms with van der Waals surface area (Å²) < 4.78 is 1.64. The molecule has 3 heterocycles. The predicted octanol–water partition coefficient (Wildman–Crippen LogP) is 2.26. The van der Waals surface area contributed by atoms with E-state index in [1.807, 2.05) is 13.0 Å². The topological polar surface area (TPSA) is 93.5 Å². The van der Waals surface area contributed by atoms with Crippen LogP contribution in [0.15, 0.2) is 6.07 Å². The van der Waals surface area contributed by atoms with Crippen molar-refractivity contribution in [2.45, 2.75) is 13.8 Å². The van der Waals surface area contributed by atoms with E-state index in [1.165, 1.54) is 0 Å². The lowest BCUT2D eigenvalue weighted by molar-refractivity contribution is 0.0703. The number of nitrogen functional groups attached to an aromatic ring is 1. The molecule has 0 spiro atoms. The van der Waals surface area contributed by atoms with E-state index in [0.717, 1.165) is 27.1 Å². The molecule has 0 saturated heterocycles. The van der Waals surface area contributed by atoms with Crippen molar-refractivity contribution < 1.29 is 9.90 Å². The summed E-state index contributed by atoms with van der Waals surface area (Å²) >= 11 is 1.12. The number of anilines is 1. The van der Waals surface area contributed by atoms with Crippen LogP contribution in [-0.4, -0.2) is 25.7 Å². The Bertz CT molecular complexity index is 808. The van der Waals surface area contributed by atoms with Gasteiger partial charge in [-0.2, -0.15) is 5.10 Å². The maximum atomic E-state index is 11.1. The van der Waals surface area contributed by atoms with E-state index in [4.69, 9.17) is 10.8 Å². The highest BCUT2D eigenvalue weighted by Crippen LogP contribution is 2.36. The van der Waals surface area contributed by atoms with Gasteiger partial charge in [0.2, 0.25) is 0 Å². The summed E-state index contributed by atoms with van der Waals surface area (Å²) in [4.78, 5) is 16.3. The highest BCUT2D eigenvalue weighted by atomic mass is 35.5. The van der Waals surface area contributed by atoms with Gasteiger partial charge in [-0.15, -0.1) is 23.7 Å². The highest BCUT2D eigenvalue weighted by Gasteiger charge is 2.20. The normalized spacial score (nSPS) is 10.8. The lowest BCUT2D eigenvalue weighted by Crippen LogP contribution is -1.97. The van der Waals surface area contributed by atoms with Gasteiger partial charge in [0.15, 0.2) is 5.65 Å². The lowest BCUT2D eigenvalue weighted by Gasteiger charge is -1.99. The number of carbonyl (C=O) groups is 1. The molecule has 0 unspecified atom stereocenters. The molecule has 6 nitrogen and oxygen atoms in total. The van der Waals surface area contributed by atoms with E-state index in [2.05, 4.69) is 10.1 Å². The second-order valence-corrected chi connectivity index (χ2v) is 5.09. The molecule has 8 heteroatoms. The Hall–Kier alpha value is -1.86. The number of hydrogen-bond donors (Lipinski definition) is 2.